The number of phenolic OH excluding ortho intramolecular Hbond substituents is 1. The summed E-state index contributed by atoms with van der Waals surface area (Å²) in [5, 5.41) is 13.8. The van der Waals surface area contributed by atoms with E-state index in [4.69, 9.17) is 32.7 Å². The number of carbonyl (C=O) groups excluding carboxylic acids is 1. The Bertz CT molecular complexity index is 842. The van der Waals surface area contributed by atoms with Crippen LogP contribution in [0.3, 0.4) is 0 Å². The first-order valence-electron chi connectivity index (χ1n) is 9.37. The van der Waals surface area contributed by atoms with Gasteiger partial charge < -0.3 is 24.8 Å². The molecule has 0 aliphatic heterocycles. The summed E-state index contributed by atoms with van der Waals surface area (Å²) in [4.78, 5) is 14.6. The van der Waals surface area contributed by atoms with Gasteiger partial charge in [-0.05, 0) is 37.4 Å². The smallest absolute Gasteiger partial charge is 0.341 e. The quantitative estimate of drug-likeness (QED) is 0.516. The number of likely N-dealkylation sites (N-methyl/N-ethyl adjacent to an activating group) is 1. The Morgan fingerprint density at radius 2 is 1.90 bits per heavy atom. The number of nitrogens with one attached hydrogen (secondary N) is 1. The number of phenols is 1. The third-order valence-electron chi connectivity index (χ3n) is 4.55. The van der Waals surface area contributed by atoms with Gasteiger partial charge in [0.1, 0.15) is 23.7 Å². The lowest BCUT2D eigenvalue weighted by molar-refractivity contribution is 0.0463. The van der Waals surface area contributed by atoms with Crippen molar-refractivity contribution in [2.24, 2.45) is 0 Å². The number of hydrogen-bond donors (Lipinski definition) is 2. The average Bonchev–Trinajstić information content (AvgIpc) is 2.72. The van der Waals surface area contributed by atoms with E-state index in [2.05, 4.69) is 24.1 Å². The molecule has 2 rings (SSSR count). The van der Waals surface area contributed by atoms with Gasteiger partial charge in [-0.3, -0.25) is 0 Å². The normalized spacial score (nSPS) is 10.8. The Kier molecular flexibility index (Phi) is 8.89. The number of methoxy groups -OCH3 is 1. The average molecular weight is 441 g/mol. The maximum atomic E-state index is 12.4. The van der Waals surface area contributed by atoms with Gasteiger partial charge in [0, 0.05) is 35.4 Å². The van der Waals surface area contributed by atoms with Gasteiger partial charge >= 0.3 is 5.97 Å². The minimum atomic E-state index is -0.431. The van der Waals surface area contributed by atoms with Gasteiger partial charge in [-0.15, -0.1) is 0 Å². The van der Waals surface area contributed by atoms with Crippen molar-refractivity contribution in [3.63, 3.8) is 0 Å². The zero-order valence-electron chi connectivity index (χ0n) is 16.8. The molecule has 0 bridgehead atoms. The fourth-order valence-electron chi connectivity index (χ4n) is 2.81. The van der Waals surface area contributed by atoms with Gasteiger partial charge in [-0.1, -0.05) is 37.0 Å². The second-order valence-corrected chi connectivity index (χ2v) is 7.17. The van der Waals surface area contributed by atoms with Crippen molar-refractivity contribution in [3.05, 3.63) is 51.5 Å². The first-order chi connectivity index (χ1) is 13.9. The first-order valence-corrected chi connectivity index (χ1v) is 10.1. The molecule has 0 fully saturated rings. The Balaban J connectivity index is 2.03. The van der Waals surface area contributed by atoms with E-state index >= 15 is 0 Å². The highest BCUT2D eigenvalue weighted by Gasteiger charge is 2.15. The minimum absolute atomic E-state index is 0.0241. The van der Waals surface area contributed by atoms with Crippen LogP contribution in [-0.2, 0) is 11.3 Å². The molecule has 0 saturated heterocycles. The van der Waals surface area contributed by atoms with Crippen molar-refractivity contribution in [2.45, 2.75) is 20.4 Å². The lowest BCUT2D eigenvalue weighted by Crippen LogP contribution is -2.28. The molecule has 8 heteroatoms. The van der Waals surface area contributed by atoms with Crippen molar-refractivity contribution in [1.82, 2.24) is 4.90 Å². The van der Waals surface area contributed by atoms with Crippen LogP contribution in [0.25, 0.3) is 0 Å². The lowest BCUT2D eigenvalue weighted by atomic mass is 10.1. The molecular weight excluding hydrogens is 415 g/mol. The largest absolute Gasteiger partial charge is 0.506 e. The molecule has 0 unspecified atom stereocenters. The highest BCUT2D eigenvalue weighted by Crippen LogP contribution is 2.32. The van der Waals surface area contributed by atoms with Crippen LogP contribution in [-0.4, -0.2) is 49.3 Å². The molecule has 0 amide bonds. The van der Waals surface area contributed by atoms with E-state index in [1.165, 1.54) is 13.2 Å². The summed E-state index contributed by atoms with van der Waals surface area (Å²) < 4.78 is 10.7. The number of rotatable bonds is 10. The van der Waals surface area contributed by atoms with Crippen molar-refractivity contribution in [1.29, 1.82) is 0 Å². The van der Waals surface area contributed by atoms with Crippen molar-refractivity contribution in [2.75, 3.05) is 38.7 Å². The fourth-order valence-corrected chi connectivity index (χ4v) is 3.34. The number of nitrogens with zero attached hydrogens (tertiary/aromatic N) is 1. The molecule has 2 aromatic rings. The molecule has 6 nitrogen and oxygen atoms in total. The summed E-state index contributed by atoms with van der Waals surface area (Å²) in [5.41, 5.74) is 1.62. The number of benzene rings is 2. The molecule has 0 spiro atoms. The number of hydrogen-bond acceptors (Lipinski definition) is 6. The Morgan fingerprint density at radius 3 is 2.55 bits per heavy atom. The van der Waals surface area contributed by atoms with Crippen LogP contribution in [0, 0.1) is 0 Å². The number of anilines is 1. The number of aromatic hydroxyl groups is 1. The van der Waals surface area contributed by atoms with Crippen LogP contribution >= 0.6 is 23.2 Å². The standard InChI is InChI=1S/C21H26Cl2N2O4/c1-4-25(5-2)8-9-29-21(27)17-7-6-16(12-19(17)28-3)24-13-14-10-15(22)11-18(23)20(14)26/h6-7,10-12,24,26H,4-5,8-9,13H2,1-3H3. The molecule has 0 atom stereocenters. The minimum Gasteiger partial charge on any atom is -0.506 e. The maximum absolute atomic E-state index is 12.4. The zero-order chi connectivity index (χ0) is 21.4. The van der Waals surface area contributed by atoms with Crippen LogP contribution in [0.1, 0.15) is 29.8 Å². The molecule has 0 aliphatic carbocycles. The molecule has 0 saturated carbocycles. The summed E-state index contributed by atoms with van der Waals surface area (Å²) in [6.45, 7) is 7.25. The van der Waals surface area contributed by atoms with Crippen molar-refractivity contribution in [3.8, 4) is 11.5 Å². The number of ether oxygens (including phenoxy) is 2. The summed E-state index contributed by atoms with van der Waals surface area (Å²) in [5.74, 6) is -0.0556. The molecule has 0 radical (unpaired) electrons. The maximum Gasteiger partial charge on any atom is 0.341 e. The topological polar surface area (TPSA) is 71.0 Å². The number of esters is 1. The molecule has 29 heavy (non-hydrogen) atoms. The van der Waals surface area contributed by atoms with E-state index in [1.54, 1.807) is 24.3 Å². The third kappa shape index (κ3) is 6.42. The highest BCUT2D eigenvalue weighted by molar-refractivity contribution is 6.35. The van der Waals surface area contributed by atoms with E-state index in [-0.39, 0.29) is 10.8 Å². The van der Waals surface area contributed by atoms with Crippen LogP contribution in [0.15, 0.2) is 30.3 Å². The van der Waals surface area contributed by atoms with Crippen molar-refractivity contribution >= 4 is 34.9 Å². The van der Waals surface area contributed by atoms with E-state index in [0.717, 1.165) is 13.1 Å². The van der Waals surface area contributed by atoms with Crippen LogP contribution in [0.2, 0.25) is 10.0 Å². The Morgan fingerprint density at radius 1 is 1.17 bits per heavy atom. The van der Waals surface area contributed by atoms with Gasteiger partial charge in [0.05, 0.1) is 12.1 Å². The zero-order valence-corrected chi connectivity index (χ0v) is 18.3. The Hall–Kier alpha value is -2.15. The Labute approximate surface area is 181 Å². The highest BCUT2D eigenvalue weighted by atomic mass is 35.5. The summed E-state index contributed by atoms with van der Waals surface area (Å²) in [6, 6.07) is 8.20. The van der Waals surface area contributed by atoms with Crippen LogP contribution in [0.5, 0.6) is 11.5 Å². The van der Waals surface area contributed by atoms with Gasteiger partial charge in [0.25, 0.3) is 0 Å². The predicted octanol–water partition coefficient (Wildman–Crippen LogP) is 4.82. The van der Waals surface area contributed by atoms with E-state index in [9.17, 15) is 9.90 Å². The third-order valence-corrected chi connectivity index (χ3v) is 5.05. The number of halogens is 2. The van der Waals surface area contributed by atoms with Crippen LogP contribution < -0.4 is 10.1 Å². The van der Waals surface area contributed by atoms with Crippen molar-refractivity contribution < 1.29 is 19.4 Å². The SMILES string of the molecule is CCN(CC)CCOC(=O)c1ccc(NCc2cc(Cl)cc(Cl)c2O)cc1OC. The lowest BCUT2D eigenvalue weighted by Gasteiger charge is -2.18. The van der Waals surface area contributed by atoms with Gasteiger partial charge in [-0.2, -0.15) is 0 Å². The van der Waals surface area contributed by atoms with Gasteiger partial charge in [-0.25, -0.2) is 4.79 Å². The molecule has 2 aromatic carbocycles. The van der Waals surface area contributed by atoms with E-state index < -0.39 is 5.97 Å². The monoisotopic (exact) mass is 440 g/mol. The van der Waals surface area contributed by atoms with Gasteiger partial charge in [0.15, 0.2) is 0 Å². The number of carbonyl (C=O) groups is 1. The van der Waals surface area contributed by atoms with Gasteiger partial charge in [0.2, 0.25) is 0 Å². The summed E-state index contributed by atoms with van der Waals surface area (Å²) in [7, 11) is 1.49. The summed E-state index contributed by atoms with van der Waals surface area (Å²) >= 11 is 11.9. The van der Waals surface area contributed by atoms with Crippen LogP contribution in [0.4, 0.5) is 5.69 Å². The predicted molar refractivity (Wildman–Crippen MR) is 117 cm³/mol. The summed E-state index contributed by atoms with van der Waals surface area (Å²) in [6.07, 6.45) is 0. The molecular formula is C21H26Cl2N2O4. The second-order valence-electron chi connectivity index (χ2n) is 6.33. The molecule has 0 heterocycles. The molecule has 0 aromatic heterocycles. The van der Waals surface area contributed by atoms with E-state index in [1.807, 2.05) is 0 Å². The molecule has 158 valence electrons. The molecule has 0 aliphatic rings. The van der Waals surface area contributed by atoms with E-state index in [0.29, 0.717) is 47.3 Å². The first kappa shape index (κ1) is 23.1. The molecule has 2 N–H and O–H groups in total. The fraction of sp³-hybridized carbons (Fsp3) is 0.381. The second kappa shape index (κ2) is 11.1.